The van der Waals surface area contributed by atoms with Gasteiger partial charge in [-0.15, -0.1) is 0 Å². The van der Waals surface area contributed by atoms with Gasteiger partial charge in [0.05, 0.1) is 12.1 Å². The van der Waals surface area contributed by atoms with Crippen LogP contribution in [0.1, 0.15) is 45.2 Å². The number of amides is 1. The van der Waals surface area contributed by atoms with E-state index in [9.17, 15) is 4.79 Å². The third kappa shape index (κ3) is 3.97. The number of rotatable bonds is 5. The third-order valence-corrected chi connectivity index (χ3v) is 3.33. The quantitative estimate of drug-likeness (QED) is 0.900. The standard InChI is InChI=1S/C16H23NO3/c1-11(2)20-14-8-6-13(7-9-14)12(3)17-16(18)15-5-4-10-19-15/h6-9,11-12,15H,4-5,10H2,1-3H3,(H,17,18). The van der Waals surface area contributed by atoms with Crippen LogP contribution in [-0.2, 0) is 9.53 Å². The Morgan fingerprint density at radius 1 is 1.30 bits per heavy atom. The van der Waals surface area contributed by atoms with Crippen molar-refractivity contribution in [3.8, 4) is 5.75 Å². The van der Waals surface area contributed by atoms with E-state index in [2.05, 4.69) is 5.32 Å². The van der Waals surface area contributed by atoms with E-state index in [1.807, 2.05) is 45.0 Å². The van der Waals surface area contributed by atoms with Crippen molar-refractivity contribution in [1.29, 1.82) is 0 Å². The van der Waals surface area contributed by atoms with Gasteiger partial charge in [0.25, 0.3) is 0 Å². The maximum atomic E-state index is 12.0. The first kappa shape index (κ1) is 14.9. The van der Waals surface area contributed by atoms with Crippen LogP contribution in [0.3, 0.4) is 0 Å². The maximum absolute atomic E-state index is 12.0. The molecule has 1 aliphatic heterocycles. The predicted octanol–water partition coefficient (Wildman–Crippen LogP) is 2.83. The number of ether oxygens (including phenoxy) is 2. The Labute approximate surface area is 120 Å². The summed E-state index contributed by atoms with van der Waals surface area (Å²) in [5, 5.41) is 2.99. The van der Waals surface area contributed by atoms with Gasteiger partial charge in [0, 0.05) is 6.61 Å². The number of hydrogen-bond acceptors (Lipinski definition) is 3. The van der Waals surface area contributed by atoms with Crippen molar-refractivity contribution in [1.82, 2.24) is 5.32 Å². The molecule has 1 N–H and O–H groups in total. The van der Waals surface area contributed by atoms with Gasteiger partial charge in [0.1, 0.15) is 11.9 Å². The minimum Gasteiger partial charge on any atom is -0.491 e. The Kier molecular flexibility index (Phi) is 5.01. The van der Waals surface area contributed by atoms with Gasteiger partial charge < -0.3 is 14.8 Å². The summed E-state index contributed by atoms with van der Waals surface area (Å²) in [5.74, 6) is 0.832. The zero-order chi connectivity index (χ0) is 14.5. The van der Waals surface area contributed by atoms with Crippen molar-refractivity contribution in [3.05, 3.63) is 29.8 Å². The number of nitrogens with one attached hydrogen (secondary N) is 1. The zero-order valence-electron chi connectivity index (χ0n) is 12.4. The van der Waals surface area contributed by atoms with Crippen LogP contribution in [0.4, 0.5) is 0 Å². The minimum absolute atomic E-state index is 0.0162. The number of benzene rings is 1. The normalized spacial score (nSPS) is 19.9. The van der Waals surface area contributed by atoms with E-state index in [1.54, 1.807) is 0 Å². The Balaban J connectivity index is 1.91. The first-order chi connectivity index (χ1) is 9.56. The van der Waals surface area contributed by atoms with Gasteiger partial charge in [-0.05, 0) is 51.3 Å². The van der Waals surface area contributed by atoms with Crippen molar-refractivity contribution < 1.29 is 14.3 Å². The molecule has 0 saturated carbocycles. The summed E-state index contributed by atoms with van der Waals surface area (Å²) in [7, 11) is 0. The summed E-state index contributed by atoms with van der Waals surface area (Å²) in [4.78, 5) is 12.0. The van der Waals surface area contributed by atoms with E-state index < -0.39 is 0 Å². The molecule has 2 rings (SSSR count). The van der Waals surface area contributed by atoms with Gasteiger partial charge in [-0.25, -0.2) is 0 Å². The fourth-order valence-corrected chi connectivity index (χ4v) is 2.28. The molecule has 20 heavy (non-hydrogen) atoms. The SMILES string of the molecule is CC(C)Oc1ccc(C(C)NC(=O)C2CCCO2)cc1. The first-order valence-electron chi connectivity index (χ1n) is 7.25. The summed E-state index contributed by atoms with van der Waals surface area (Å²) in [6, 6.07) is 7.81. The van der Waals surface area contributed by atoms with Crippen molar-refractivity contribution in [3.63, 3.8) is 0 Å². The Hall–Kier alpha value is -1.55. The van der Waals surface area contributed by atoms with E-state index >= 15 is 0 Å². The molecule has 0 bridgehead atoms. The fraction of sp³-hybridized carbons (Fsp3) is 0.562. The molecule has 4 heteroatoms. The van der Waals surface area contributed by atoms with Gasteiger partial charge in [0.2, 0.25) is 5.91 Å². The first-order valence-corrected chi connectivity index (χ1v) is 7.25. The average Bonchev–Trinajstić information content (AvgIpc) is 2.92. The van der Waals surface area contributed by atoms with E-state index in [1.165, 1.54) is 0 Å². The lowest BCUT2D eigenvalue weighted by Crippen LogP contribution is -2.35. The molecule has 2 atom stereocenters. The molecular weight excluding hydrogens is 254 g/mol. The summed E-state index contributed by atoms with van der Waals surface area (Å²) in [5.41, 5.74) is 1.06. The Bertz CT molecular complexity index is 436. The predicted molar refractivity (Wildman–Crippen MR) is 77.7 cm³/mol. The third-order valence-electron chi connectivity index (χ3n) is 3.33. The molecule has 1 aromatic rings. The maximum Gasteiger partial charge on any atom is 0.249 e. The molecular formula is C16H23NO3. The van der Waals surface area contributed by atoms with Crippen molar-refractivity contribution in [2.45, 2.75) is 51.9 Å². The minimum atomic E-state index is -0.277. The van der Waals surface area contributed by atoms with Crippen LogP contribution in [0.5, 0.6) is 5.75 Å². The second-order valence-corrected chi connectivity index (χ2v) is 5.47. The molecule has 0 aliphatic carbocycles. The second kappa shape index (κ2) is 6.75. The molecule has 0 spiro atoms. The highest BCUT2D eigenvalue weighted by Crippen LogP contribution is 2.19. The van der Waals surface area contributed by atoms with Crippen LogP contribution in [-0.4, -0.2) is 24.7 Å². The number of carbonyl (C=O) groups is 1. The lowest BCUT2D eigenvalue weighted by molar-refractivity contribution is -0.130. The monoisotopic (exact) mass is 277 g/mol. The number of hydrogen-bond donors (Lipinski definition) is 1. The highest BCUT2D eigenvalue weighted by molar-refractivity contribution is 5.81. The topological polar surface area (TPSA) is 47.6 Å². The van der Waals surface area contributed by atoms with Crippen LogP contribution in [0.25, 0.3) is 0 Å². The molecule has 1 amide bonds. The largest absolute Gasteiger partial charge is 0.491 e. The van der Waals surface area contributed by atoms with Crippen LogP contribution in [0, 0.1) is 0 Å². The number of carbonyl (C=O) groups excluding carboxylic acids is 1. The molecule has 4 nitrogen and oxygen atoms in total. The molecule has 1 saturated heterocycles. The highest BCUT2D eigenvalue weighted by atomic mass is 16.5. The van der Waals surface area contributed by atoms with Crippen LogP contribution in [0.15, 0.2) is 24.3 Å². The Morgan fingerprint density at radius 3 is 2.55 bits per heavy atom. The smallest absolute Gasteiger partial charge is 0.249 e. The molecule has 0 radical (unpaired) electrons. The lowest BCUT2D eigenvalue weighted by atomic mass is 10.1. The molecule has 2 unspecified atom stereocenters. The summed E-state index contributed by atoms with van der Waals surface area (Å²) in [6.45, 7) is 6.66. The van der Waals surface area contributed by atoms with Gasteiger partial charge >= 0.3 is 0 Å². The highest BCUT2D eigenvalue weighted by Gasteiger charge is 2.24. The lowest BCUT2D eigenvalue weighted by Gasteiger charge is -2.18. The molecule has 0 aromatic heterocycles. The molecule has 1 heterocycles. The molecule has 1 aliphatic rings. The van der Waals surface area contributed by atoms with Gasteiger partial charge in [0.15, 0.2) is 0 Å². The van der Waals surface area contributed by atoms with Crippen molar-refractivity contribution in [2.75, 3.05) is 6.61 Å². The summed E-state index contributed by atoms with van der Waals surface area (Å²) < 4.78 is 11.0. The molecule has 1 aromatic carbocycles. The van der Waals surface area contributed by atoms with Gasteiger partial charge in [-0.3, -0.25) is 4.79 Å². The zero-order valence-corrected chi connectivity index (χ0v) is 12.4. The van der Waals surface area contributed by atoms with E-state index in [0.29, 0.717) is 6.61 Å². The van der Waals surface area contributed by atoms with E-state index in [0.717, 1.165) is 24.2 Å². The van der Waals surface area contributed by atoms with Gasteiger partial charge in [-0.2, -0.15) is 0 Å². The Morgan fingerprint density at radius 2 is 2.00 bits per heavy atom. The fourth-order valence-electron chi connectivity index (χ4n) is 2.28. The van der Waals surface area contributed by atoms with Crippen LogP contribution in [0.2, 0.25) is 0 Å². The summed E-state index contributed by atoms with van der Waals surface area (Å²) in [6.07, 6.45) is 1.67. The van der Waals surface area contributed by atoms with Crippen LogP contribution < -0.4 is 10.1 Å². The average molecular weight is 277 g/mol. The van der Waals surface area contributed by atoms with Crippen molar-refractivity contribution in [2.24, 2.45) is 0 Å². The second-order valence-electron chi connectivity index (χ2n) is 5.47. The van der Waals surface area contributed by atoms with Gasteiger partial charge in [-0.1, -0.05) is 12.1 Å². The molecule has 1 fully saturated rings. The van der Waals surface area contributed by atoms with Crippen molar-refractivity contribution >= 4 is 5.91 Å². The summed E-state index contributed by atoms with van der Waals surface area (Å²) >= 11 is 0. The van der Waals surface area contributed by atoms with E-state index in [4.69, 9.17) is 9.47 Å². The van der Waals surface area contributed by atoms with E-state index in [-0.39, 0.29) is 24.2 Å². The van der Waals surface area contributed by atoms with Crippen LogP contribution >= 0.6 is 0 Å². The molecule has 110 valence electrons.